The van der Waals surface area contributed by atoms with Crippen molar-refractivity contribution in [2.24, 2.45) is 0 Å². The lowest BCUT2D eigenvalue weighted by Crippen LogP contribution is -2.34. The summed E-state index contributed by atoms with van der Waals surface area (Å²) >= 11 is 0. The van der Waals surface area contributed by atoms with Gasteiger partial charge in [0.25, 0.3) is 0 Å². The van der Waals surface area contributed by atoms with Gasteiger partial charge in [-0.2, -0.15) is 0 Å². The molecule has 0 bridgehead atoms. The normalized spacial score (nSPS) is 20.2. The molecule has 19 heavy (non-hydrogen) atoms. The Labute approximate surface area is 113 Å². The fourth-order valence-electron chi connectivity index (χ4n) is 1.92. The van der Waals surface area contributed by atoms with Crippen molar-refractivity contribution in [2.45, 2.75) is 17.9 Å². The predicted molar refractivity (Wildman–Crippen MR) is 73.2 cm³/mol. The lowest BCUT2D eigenvalue weighted by molar-refractivity contribution is -0.0819. The Hall–Kier alpha value is -1.11. The molecule has 1 aliphatic rings. The molecule has 0 radical (unpaired) electrons. The zero-order valence-electron chi connectivity index (χ0n) is 11.0. The Balaban J connectivity index is 2.07. The zero-order valence-corrected chi connectivity index (χ0v) is 11.8. The van der Waals surface area contributed by atoms with Crippen LogP contribution in [0.3, 0.4) is 0 Å². The number of rotatable bonds is 5. The van der Waals surface area contributed by atoms with Gasteiger partial charge in [0.05, 0.1) is 42.3 Å². The van der Waals surface area contributed by atoms with E-state index < -0.39 is 9.84 Å². The fraction of sp³-hybridized carbons (Fsp3) is 0.538. The molecule has 5 nitrogen and oxygen atoms in total. The van der Waals surface area contributed by atoms with Crippen LogP contribution in [0.15, 0.2) is 29.2 Å². The van der Waals surface area contributed by atoms with Gasteiger partial charge in [0.1, 0.15) is 0 Å². The third-order valence-electron chi connectivity index (χ3n) is 3.01. The minimum Gasteiger partial charge on any atom is -0.381 e. The van der Waals surface area contributed by atoms with Gasteiger partial charge in [0.2, 0.25) is 0 Å². The van der Waals surface area contributed by atoms with E-state index in [1.165, 1.54) is 0 Å². The lowest BCUT2D eigenvalue weighted by atomic mass is 10.3. The van der Waals surface area contributed by atoms with Gasteiger partial charge < -0.3 is 14.8 Å². The summed E-state index contributed by atoms with van der Waals surface area (Å²) in [6.45, 7) is 3.93. The lowest BCUT2D eigenvalue weighted by Gasteiger charge is -2.24. The number of anilines is 1. The van der Waals surface area contributed by atoms with E-state index in [9.17, 15) is 8.42 Å². The van der Waals surface area contributed by atoms with Crippen LogP contribution < -0.4 is 5.32 Å². The Morgan fingerprint density at radius 3 is 2.79 bits per heavy atom. The molecule has 0 saturated carbocycles. The Morgan fingerprint density at radius 2 is 2.11 bits per heavy atom. The molecule has 0 spiro atoms. The first-order valence-corrected chi connectivity index (χ1v) is 8.03. The molecule has 1 aliphatic heterocycles. The highest BCUT2D eigenvalue weighted by molar-refractivity contribution is 7.91. The van der Waals surface area contributed by atoms with E-state index in [2.05, 4.69) is 5.32 Å². The number of para-hydroxylation sites is 1. The van der Waals surface area contributed by atoms with Crippen LogP contribution in [0.4, 0.5) is 5.69 Å². The Kier molecular flexibility index (Phi) is 4.79. The van der Waals surface area contributed by atoms with Crippen LogP contribution in [0.5, 0.6) is 0 Å². The standard InChI is InChI=1S/C13H19NO4S/c1-2-19(15,16)13-6-4-3-5-12(13)14-9-11-10-17-7-8-18-11/h3-6,11,14H,2,7-10H2,1H3. The van der Waals surface area contributed by atoms with E-state index in [1.807, 2.05) is 6.07 Å². The third kappa shape index (κ3) is 3.68. The number of ether oxygens (including phenoxy) is 2. The van der Waals surface area contributed by atoms with E-state index in [0.717, 1.165) is 0 Å². The smallest absolute Gasteiger partial charge is 0.180 e. The topological polar surface area (TPSA) is 64.6 Å². The maximum absolute atomic E-state index is 12.0. The van der Waals surface area contributed by atoms with Gasteiger partial charge in [-0.3, -0.25) is 0 Å². The second kappa shape index (κ2) is 6.36. The highest BCUT2D eigenvalue weighted by Gasteiger charge is 2.18. The van der Waals surface area contributed by atoms with Crippen LogP contribution in [0, 0.1) is 0 Å². The summed E-state index contributed by atoms with van der Waals surface area (Å²) in [6.07, 6.45) is -0.0360. The molecule has 1 fully saturated rings. The molecular formula is C13H19NO4S. The molecule has 6 heteroatoms. The largest absolute Gasteiger partial charge is 0.381 e. The molecule has 0 aromatic heterocycles. The van der Waals surface area contributed by atoms with Crippen molar-refractivity contribution in [3.8, 4) is 0 Å². The quantitative estimate of drug-likeness (QED) is 0.883. The van der Waals surface area contributed by atoms with E-state index in [-0.39, 0.29) is 11.9 Å². The van der Waals surface area contributed by atoms with Crippen LogP contribution in [0.1, 0.15) is 6.92 Å². The van der Waals surface area contributed by atoms with Gasteiger partial charge in [-0.1, -0.05) is 19.1 Å². The summed E-state index contributed by atoms with van der Waals surface area (Å²) in [4.78, 5) is 0.342. The maximum Gasteiger partial charge on any atom is 0.180 e. The Bertz CT molecular complexity index is 509. The number of hydrogen-bond donors (Lipinski definition) is 1. The Morgan fingerprint density at radius 1 is 1.32 bits per heavy atom. The summed E-state index contributed by atoms with van der Waals surface area (Å²) in [5.74, 6) is 0.0920. The molecule has 1 N–H and O–H groups in total. The molecule has 2 rings (SSSR count). The number of benzene rings is 1. The number of hydrogen-bond acceptors (Lipinski definition) is 5. The second-order valence-corrected chi connectivity index (χ2v) is 6.59. The maximum atomic E-state index is 12.0. The van der Waals surface area contributed by atoms with E-state index in [4.69, 9.17) is 9.47 Å². The zero-order chi connectivity index (χ0) is 13.7. The van der Waals surface area contributed by atoms with Gasteiger partial charge >= 0.3 is 0 Å². The van der Waals surface area contributed by atoms with Crippen molar-refractivity contribution in [3.05, 3.63) is 24.3 Å². The molecule has 0 amide bonds. The molecule has 1 aromatic rings. The minimum absolute atomic E-state index is 0.0360. The molecule has 106 valence electrons. The number of sulfone groups is 1. The van der Waals surface area contributed by atoms with Crippen molar-refractivity contribution < 1.29 is 17.9 Å². The summed E-state index contributed by atoms with van der Waals surface area (Å²) in [5.41, 5.74) is 0.624. The first kappa shape index (κ1) is 14.3. The summed E-state index contributed by atoms with van der Waals surface area (Å²) in [5, 5.41) is 3.14. The molecule has 1 heterocycles. The van der Waals surface area contributed by atoms with Gasteiger partial charge in [-0.15, -0.1) is 0 Å². The SMILES string of the molecule is CCS(=O)(=O)c1ccccc1NCC1COCCO1. The molecule has 0 aliphatic carbocycles. The van der Waals surface area contributed by atoms with Gasteiger partial charge in [0.15, 0.2) is 9.84 Å². The minimum atomic E-state index is -3.22. The van der Waals surface area contributed by atoms with Crippen LogP contribution in [-0.2, 0) is 19.3 Å². The van der Waals surface area contributed by atoms with Gasteiger partial charge in [-0.25, -0.2) is 8.42 Å². The van der Waals surface area contributed by atoms with E-state index >= 15 is 0 Å². The fourth-order valence-corrected chi connectivity index (χ4v) is 2.99. The molecule has 1 unspecified atom stereocenters. The van der Waals surface area contributed by atoms with Crippen molar-refractivity contribution in [1.29, 1.82) is 0 Å². The predicted octanol–water partition coefficient (Wildman–Crippen LogP) is 1.31. The first-order valence-electron chi connectivity index (χ1n) is 6.38. The van der Waals surface area contributed by atoms with Gasteiger partial charge in [0, 0.05) is 6.54 Å². The van der Waals surface area contributed by atoms with Crippen molar-refractivity contribution in [1.82, 2.24) is 0 Å². The summed E-state index contributed by atoms with van der Waals surface area (Å²) in [6, 6.07) is 6.94. The number of nitrogens with one attached hydrogen (secondary N) is 1. The highest BCUT2D eigenvalue weighted by Crippen LogP contribution is 2.22. The van der Waals surface area contributed by atoms with Crippen molar-refractivity contribution in [3.63, 3.8) is 0 Å². The van der Waals surface area contributed by atoms with Crippen LogP contribution >= 0.6 is 0 Å². The molecule has 1 atom stereocenters. The average molecular weight is 285 g/mol. The monoisotopic (exact) mass is 285 g/mol. The van der Waals surface area contributed by atoms with E-state index in [1.54, 1.807) is 25.1 Å². The van der Waals surface area contributed by atoms with Crippen LogP contribution in [0.25, 0.3) is 0 Å². The van der Waals surface area contributed by atoms with Gasteiger partial charge in [-0.05, 0) is 12.1 Å². The second-order valence-electron chi connectivity index (χ2n) is 4.35. The average Bonchev–Trinajstić information content (AvgIpc) is 2.46. The first-order chi connectivity index (χ1) is 9.13. The summed E-state index contributed by atoms with van der Waals surface area (Å²) in [7, 11) is -3.22. The molecule has 1 saturated heterocycles. The van der Waals surface area contributed by atoms with Crippen LogP contribution in [-0.4, -0.2) is 46.6 Å². The highest BCUT2D eigenvalue weighted by atomic mass is 32.2. The third-order valence-corrected chi connectivity index (χ3v) is 4.79. The van der Waals surface area contributed by atoms with Crippen molar-refractivity contribution in [2.75, 3.05) is 37.4 Å². The molecular weight excluding hydrogens is 266 g/mol. The van der Waals surface area contributed by atoms with E-state index in [0.29, 0.717) is 36.9 Å². The molecule has 1 aromatic carbocycles. The summed E-state index contributed by atoms with van der Waals surface area (Å²) < 4.78 is 34.8. The van der Waals surface area contributed by atoms with Crippen molar-refractivity contribution >= 4 is 15.5 Å². The van der Waals surface area contributed by atoms with Crippen LogP contribution in [0.2, 0.25) is 0 Å².